The van der Waals surface area contributed by atoms with Gasteiger partial charge in [-0.15, -0.1) is 0 Å². The maximum atomic E-state index is 11.3. The molecule has 0 rings (SSSR count). The number of nitrogens with one attached hydrogen (secondary N) is 1. The molecule has 6 nitrogen and oxygen atoms in total. The molecule has 6 heteroatoms. The lowest BCUT2D eigenvalue weighted by Gasteiger charge is -2.15. The number of amides is 1. The van der Waals surface area contributed by atoms with Crippen LogP contribution in [0.3, 0.4) is 0 Å². The first-order valence-corrected chi connectivity index (χ1v) is 4.98. The maximum Gasteiger partial charge on any atom is 0.326 e. The standard InChI is InChI=1S/C10H17NO5/c1-6(2)9(13)11-7(10(14)15)4-5-8(12)16-3/h6-7H,4-5H2,1-3H3,(H,11,13)(H,14,15)/t7-/m1/s1. The zero-order valence-corrected chi connectivity index (χ0v) is 9.65. The van der Waals surface area contributed by atoms with Crippen LogP contribution in [-0.2, 0) is 19.1 Å². The van der Waals surface area contributed by atoms with Gasteiger partial charge in [-0.1, -0.05) is 13.8 Å². The zero-order valence-electron chi connectivity index (χ0n) is 9.65. The summed E-state index contributed by atoms with van der Waals surface area (Å²) in [4.78, 5) is 32.9. The predicted molar refractivity (Wildman–Crippen MR) is 55.7 cm³/mol. The van der Waals surface area contributed by atoms with Gasteiger partial charge < -0.3 is 15.2 Å². The first-order valence-electron chi connectivity index (χ1n) is 4.98. The third kappa shape index (κ3) is 5.33. The highest BCUT2D eigenvalue weighted by molar-refractivity contribution is 5.84. The van der Waals surface area contributed by atoms with Gasteiger partial charge in [-0.3, -0.25) is 9.59 Å². The van der Waals surface area contributed by atoms with Gasteiger partial charge in [-0.05, 0) is 6.42 Å². The molecule has 0 saturated carbocycles. The lowest BCUT2D eigenvalue weighted by molar-refractivity contribution is -0.144. The average Bonchev–Trinajstić information content (AvgIpc) is 2.22. The fourth-order valence-corrected chi connectivity index (χ4v) is 0.960. The third-order valence-corrected chi connectivity index (χ3v) is 2.00. The fourth-order valence-electron chi connectivity index (χ4n) is 0.960. The normalized spacial score (nSPS) is 12.0. The van der Waals surface area contributed by atoms with E-state index >= 15 is 0 Å². The lowest BCUT2D eigenvalue weighted by Crippen LogP contribution is -2.42. The van der Waals surface area contributed by atoms with Crippen LogP contribution < -0.4 is 5.32 Å². The molecule has 0 heterocycles. The molecule has 0 spiro atoms. The van der Waals surface area contributed by atoms with E-state index < -0.39 is 18.0 Å². The van der Waals surface area contributed by atoms with E-state index in [-0.39, 0.29) is 24.7 Å². The van der Waals surface area contributed by atoms with E-state index in [2.05, 4.69) is 10.1 Å². The molecule has 0 saturated heterocycles. The smallest absolute Gasteiger partial charge is 0.326 e. The highest BCUT2D eigenvalue weighted by atomic mass is 16.5. The summed E-state index contributed by atoms with van der Waals surface area (Å²) in [5.74, 6) is -2.29. The summed E-state index contributed by atoms with van der Waals surface area (Å²) >= 11 is 0. The van der Waals surface area contributed by atoms with Crippen LogP contribution in [0, 0.1) is 5.92 Å². The van der Waals surface area contributed by atoms with E-state index in [0.717, 1.165) is 0 Å². The minimum Gasteiger partial charge on any atom is -0.480 e. The monoisotopic (exact) mass is 231 g/mol. The van der Waals surface area contributed by atoms with Crippen molar-refractivity contribution in [1.82, 2.24) is 5.32 Å². The minimum atomic E-state index is -1.15. The molecule has 92 valence electrons. The second-order valence-electron chi connectivity index (χ2n) is 3.67. The van der Waals surface area contributed by atoms with Crippen molar-refractivity contribution in [2.24, 2.45) is 5.92 Å². The van der Waals surface area contributed by atoms with E-state index in [9.17, 15) is 14.4 Å². The number of hydrogen-bond acceptors (Lipinski definition) is 4. The van der Waals surface area contributed by atoms with Crippen LogP contribution >= 0.6 is 0 Å². The minimum absolute atomic E-state index is 0.0282. The molecule has 1 amide bonds. The summed E-state index contributed by atoms with van der Waals surface area (Å²) in [5.41, 5.74) is 0. The molecule has 0 aliphatic rings. The SMILES string of the molecule is COC(=O)CC[C@@H](NC(=O)C(C)C)C(=O)O. The fraction of sp³-hybridized carbons (Fsp3) is 0.700. The second kappa shape index (κ2) is 6.81. The molecule has 1 atom stereocenters. The van der Waals surface area contributed by atoms with Crippen LogP contribution in [-0.4, -0.2) is 36.1 Å². The molecule has 0 aliphatic heterocycles. The van der Waals surface area contributed by atoms with E-state index in [1.54, 1.807) is 13.8 Å². The van der Waals surface area contributed by atoms with Gasteiger partial charge in [0, 0.05) is 12.3 Å². The van der Waals surface area contributed by atoms with Crippen LogP contribution in [0.15, 0.2) is 0 Å². The van der Waals surface area contributed by atoms with Crippen LogP contribution in [0.25, 0.3) is 0 Å². The van der Waals surface area contributed by atoms with Gasteiger partial charge in [-0.25, -0.2) is 4.79 Å². The molecular weight excluding hydrogens is 214 g/mol. The number of carboxylic acids is 1. The van der Waals surface area contributed by atoms with Crippen LogP contribution in [0.2, 0.25) is 0 Å². The first kappa shape index (κ1) is 14.4. The number of rotatable bonds is 6. The molecule has 2 N–H and O–H groups in total. The van der Waals surface area contributed by atoms with E-state index in [1.807, 2.05) is 0 Å². The zero-order chi connectivity index (χ0) is 12.7. The second-order valence-corrected chi connectivity index (χ2v) is 3.67. The molecule has 0 aromatic heterocycles. The summed E-state index contributed by atoms with van der Waals surface area (Å²) in [6.45, 7) is 3.32. The predicted octanol–water partition coefficient (Wildman–Crippen LogP) is 0.165. The Morgan fingerprint density at radius 3 is 2.25 bits per heavy atom. The van der Waals surface area contributed by atoms with Gasteiger partial charge in [0.05, 0.1) is 7.11 Å². The summed E-state index contributed by atoms with van der Waals surface area (Å²) < 4.78 is 4.39. The molecular formula is C10H17NO5. The topological polar surface area (TPSA) is 92.7 Å². The highest BCUT2D eigenvalue weighted by Gasteiger charge is 2.22. The van der Waals surface area contributed by atoms with Gasteiger partial charge in [0.2, 0.25) is 5.91 Å². The number of ether oxygens (including phenoxy) is 1. The van der Waals surface area contributed by atoms with Crippen molar-refractivity contribution < 1.29 is 24.2 Å². The molecule has 16 heavy (non-hydrogen) atoms. The molecule has 0 aromatic carbocycles. The van der Waals surface area contributed by atoms with E-state index in [1.165, 1.54) is 7.11 Å². The van der Waals surface area contributed by atoms with Crippen LogP contribution in [0.4, 0.5) is 0 Å². The van der Waals surface area contributed by atoms with Crippen LogP contribution in [0.5, 0.6) is 0 Å². The molecule has 0 aliphatic carbocycles. The number of esters is 1. The van der Waals surface area contributed by atoms with Crippen molar-refractivity contribution in [3.05, 3.63) is 0 Å². The van der Waals surface area contributed by atoms with E-state index in [4.69, 9.17) is 5.11 Å². The Bertz CT molecular complexity index is 274. The summed E-state index contributed by atoms with van der Waals surface area (Å²) in [6.07, 6.45) is -0.00763. The quantitative estimate of drug-likeness (QED) is 0.635. The first-order chi connectivity index (χ1) is 7.38. The number of aliphatic carboxylic acids is 1. The van der Waals surface area contributed by atoms with Crippen molar-refractivity contribution in [2.75, 3.05) is 7.11 Å². The van der Waals surface area contributed by atoms with Crippen molar-refractivity contribution in [1.29, 1.82) is 0 Å². The summed E-state index contributed by atoms with van der Waals surface area (Å²) in [6, 6.07) is -1.05. The Kier molecular flexibility index (Phi) is 6.14. The van der Waals surface area contributed by atoms with E-state index in [0.29, 0.717) is 0 Å². The third-order valence-electron chi connectivity index (χ3n) is 2.00. The maximum absolute atomic E-state index is 11.3. The highest BCUT2D eigenvalue weighted by Crippen LogP contribution is 2.01. The Hall–Kier alpha value is -1.59. The lowest BCUT2D eigenvalue weighted by atomic mass is 10.1. The van der Waals surface area contributed by atoms with Gasteiger partial charge in [0.25, 0.3) is 0 Å². The van der Waals surface area contributed by atoms with Gasteiger partial charge in [-0.2, -0.15) is 0 Å². The van der Waals surface area contributed by atoms with Gasteiger partial charge >= 0.3 is 11.9 Å². The molecule has 0 bridgehead atoms. The number of hydrogen-bond donors (Lipinski definition) is 2. The molecule has 0 fully saturated rings. The Balaban J connectivity index is 4.24. The van der Waals surface area contributed by atoms with Gasteiger partial charge in [0.15, 0.2) is 0 Å². The number of carboxylic acid groups (broad SMARTS) is 1. The number of methoxy groups -OCH3 is 1. The van der Waals surface area contributed by atoms with Crippen molar-refractivity contribution >= 4 is 17.8 Å². The molecule has 0 radical (unpaired) electrons. The molecule has 0 aromatic rings. The Labute approximate surface area is 94.0 Å². The summed E-state index contributed by atoms with van der Waals surface area (Å²) in [7, 11) is 1.23. The van der Waals surface area contributed by atoms with Crippen molar-refractivity contribution in [3.8, 4) is 0 Å². The number of carbonyl (C=O) groups excluding carboxylic acids is 2. The van der Waals surface area contributed by atoms with Crippen LogP contribution in [0.1, 0.15) is 26.7 Å². The Morgan fingerprint density at radius 2 is 1.88 bits per heavy atom. The Morgan fingerprint density at radius 1 is 1.31 bits per heavy atom. The summed E-state index contributed by atoms with van der Waals surface area (Å²) in [5, 5.41) is 11.2. The van der Waals surface area contributed by atoms with Crippen molar-refractivity contribution in [3.63, 3.8) is 0 Å². The van der Waals surface area contributed by atoms with Crippen molar-refractivity contribution in [2.45, 2.75) is 32.7 Å². The number of carbonyl (C=O) groups is 3. The molecule has 0 unspecified atom stereocenters. The average molecular weight is 231 g/mol. The van der Waals surface area contributed by atoms with Gasteiger partial charge in [0.1, 0.15) is 6.04 Å². The largest absolute Gasteiger partial charge is 0.480 e.